The van der Waals surface area contributed by atoms with Crippen molar-refractivity contribution in [2.45, 2.75) is 44.7 Å². The van der Waals surface area contributed by atoms with Gasteiger partial charge in [0.25, 0.3) is 5.91 Å². The fourth-order valence-electron chi connectivity index (χ4n) is 3.73. The Balaban J connectivity index is 1.44. The van der Waals surface area contributed by atoms with Crippen molar-refractivity contribution in [3.8, 4) is 5.75 Å². The largest absolute Gasteiger partial charge is 0.508 e. The lowest BCUT2D eigenvalue weighted by atomic mass is 10.00. The molecule has 2 N–H and O–H groups in total. The smallest absolute Gasteiger partial charge is 0.273 e. The molecule has 1 fully saturated rings. The zero-order valence-corrected chi connectivity index (χ0v) is 17.3. The van der Waals surface area contributed by atoms with Gasteiger partial charge in [-0.05, 0) is 50.3 Å². The van der Waals surface area contributed by atoms with Gasteiger partial charge in [0.1, 0.15) is 5.75 Å². The van der Waals surface area contributed by atoms with Gasteiger partial charge < -0.3 is 20.1 Å². The van der Waals surface area contributed by atoms with Crippen molar-refractivity contribution in [2.75, 3.05) is 33.4 Å². The van der Waals surface area contributed by atoms with Gasteiger partial charge in [-0.1, -0.05) is 17.3 Å². The number of aromatic nitrogens is 3. The van der Waals surface area contributed by atoms with Crippen molar-refractivity contribution in [2.24, 2.45) is 0 Å². The summed E-state index contributed by atoms with van der Waals surface area (Å²) in [5, 5.41) is 20.4. The number of aromatic hydroxyl groups is 1. The summed E-state index contributed by atoms with van der Waals surface area (Å²) in [6.45, 7) is 5.23. The molecule has 0 spiro atoms. The van der Waals surface area contributed by atoms with E-state index in [0.717, 1.165) is 38.8 Å². The Morgan fingerprint density at radius 1 is 1.31 bits per heavy atom. The zero-order valence-electron chi connectivity index (χ0n) is 17.3. The zero-order chi connectivity index (χ0) is 20.6. The van der Waals surface area contributed by atoms with Gasteiger partial charge in [-0.2, -0.15) is 0 Å². The lowest BCUT2D eigenvalue weighted by Gasteiger charge is -2.36. The monoisotopic (exact) mass is 401 g/mol. The Morgan fingerprint density at radius 2 is 2.03 bits per heavy atom. The van der Waals surface area contributed by atoms with E-state index >= 15 is 0 Å². The Bertz CT molecular complexity index is 769. The van der Waals surface area contributed by atoms with Crippen LogP contribution in [0.15, 0.2) is 30.5 Å². The number of likely N-dealkylation sites (tertiary alicyclic amines) is 1. The van der Waals surface area contributed by atoms with Crippen LogP contribution in [-0.4, -0.2) is 70.3 Å². The van der Waals surface area contributed by atoms with Crippen molar-refractivity contribution >= 4 is 5.91 Å². The summed E-state index contributed by atoms with van der Waals surface area (Å²) in [6, 6.07) is 8.25. The van der Waals surface area contributed by atoms with Crippen molar-refractivity contribution in [1.29, 1.82) is 0 Å². The highest BCUT2D eigenvalue weighted by atomic mass is 16.5. The summed E-state index contributed by atoms with van der Waals surface area (Å²) in [5.41, 5.74) is 1.61. The first-order chi connectivity index (χ1) is 14.1. The van der Waals surface area contributed by atoms with E-state index in [1.54, 1.807) is 25.4 Å². The summed E-state index contributed by atoms with van der Waals surface area (Å²) >= 11 is 0. The quantitative estimate of drug-likeness (QED) is 0.625. The summed E-state index contributed by atoms with van der Waals surface area (Å²) in [4.78, 5) is 14.6. The first-order valence-corrected chi connectivity index (χ1v) is 10.3. The Hall–Kier alpha value is -2.45. The molecule has 0 unspecified atom stereocenters. The molecule has 1 aromatic carbocycles. The lowest BCUT2D eigenvalue weighted by Crippen LogP contribution is -2.40. The van der Waals surface area contributed by atoms with Crippen molar-refractivity contribution in [1.82, 2.24) is 25.2 Å². The van der Waals surface area contributed by atoms with Gasteiger partial charge in [0.15, 0.2) is 5.69 Å². The van der Waals surface area contributed by atoms with E-state index in [4.69, 9.17) is 4.74 Å². The molecule has 2 aromatic rings. The number of methoxy groups -OCH3 is 1. The van der Waals surface area contributed by atoms with Gasteiger partial charge in [-0.25, -0.2) is 4.68 Å². The SMILES string of the molecule is COCCNC(=O)c1cn(C2CCN([C@@H](C)CCc3ccc(O)cc3)CC2)nn1. The molecule has 158 valence electrons. The molecule has 1 aliphatic heterocycles. The van der Waals surface area contributed by atoms with Gasteiger partial charge >= 0.3 is 0 Å². The number of phenolic OH excluding ortho intramolecular Hbond substituents is 1. The van der Waals surface area contributed by atoms with Gasteiger partial charge in [0.05, 0.1) is 18.8 Å². The topological polar surface area (TPSA) is 92.5 Å². The third-order valence-electron chi connectivity index (χ3n) is 5.62. The molecule has 1 saturated heterocycles. The van der Waals surface area contributed by atoms with E-state index in [1.807, 2.05) is 16.8 Å². The van der Waals surface area contributed by atoms with Crippen LogP contribution in [0.1, 0.15) is 48.3 Å². The van der Waals surface area contributed by atoms with Gasteiger partial charge in [-0.15, -0.1) is 5.10 Å². The fraction of sp³-hybridized carbons (Fsp3) is 0.571. The molecule has 0 bridgehead atoms. The number of nitrogens with one attached hydrogen (secondary N) is 1. The molecule has 0 aliphatic carbocycles. The fourth-order valence-corrected chi connectivity index (χ4v) is 3.73. The van der Waals surface area contributed by atoms with E-state index in [-0.39, 0.29) is 11.9 Å². The number of aryl methyl sites for hydroxylation is 1. The third-order valence-corrected chi connectivity index (χ3v) is 5.62. The molecule has 2 heterocycles. The summed E-state index contributed by atoms with van der Waals surface area (Å²) in [7, 11) is 1.60. The second kappa shape index (κ2) is 10.4. The first-order valence-electron chi connectivity index (χ1n) is 10.3. The van der Waals surface area contributed by atoms with Crippen LogP contribution < -0.4 is 5.32 Å². The number of phenols is 1. The van der Waals surface area contributed by atoms with E-state index < -0.39 is 0 Å². The number of carbonyl (C=O) groups excluding carboxylic acids is 1. The van der Waals surface area contributed by atoms with E-state index in [9.17, 15) is 9.90 Å². The normalized spacial score (nSPS) is 16.6. The highest BCUT2D eigenvalue weighted by molar-refractivity contribution is 5.91. The van der Waals surface area contributed by atoms with Gasteiger partial charge in [0, 0.05) is 32.8 Å². The molecule has 1 aromatic heterocycles. The van der Waals surface area contributed by atoms with Crippen LogP contribution in [0.5, 0.6) is 5.75 Å². The summed E-state index contributed by atoms with van der Waals surface area (Å²) in [5.74, 6) is 0.0983. The molecule has 0 radical (unpaired) electrons. The maximum Gasteiger partial charge on any atom is 0.273 e. The van der Waals surface area contributed by atoms with Gasteiger partial charge in [-0.3, -0.25) is 4.79 Å². The molecular formula is C21H31N5O3. The Kier molecular flexibility index (Phi) is 7.60. The number of benzene rings is 1. The minimum Gasteiger partial charge on any atom is -0.508 e. The molecule has 0 saturated carbocycles. The second-order valence-electron chi connectivity index (χ2n) is 7.65. The maximum absolute atomic E-state index is 12.1. The predicted molar refractivity (Wildman–Crippen MR) is 110 cm³/mol. The van der Waals surface area contributed by atoms with Crippen LogP contribution in [0.2, 0.25) is 0 Å². The summed E-state index contributed by atoms with van der Waals surface area (Å²) in [6.07, 6.45) is 5.84. The van der Waals surface area contributed by atoms with Crippen molar-refractivity contribution < 1.29 is 14.6 Å². The van der Waals surface area contributed by atoms with Crippen molar-refractivity contribution in [3.05, 3.63) is 41.7 Å². The number of rotatable bonds is 9. The standard InChI is InChI=1S/C21H31N5O3/c1-16(3-4-17-5-7-19(27)8-6-17)25-12-9-18(10-13-25)26-15-20(23-24-26)21(28)22-11-14-29-2/h5-8,15-16,18,27H,3-4,9-14H2,1-2H3,(H,22,28)/t16-/m0/s1. The number of piperidine rings is 1. The molecule has 1 amide bonds. The van der Waals surface area contributed by atoms with Crippen LogP contribution in [0, 0.1) is 0 Å². The van der Waals surface area contributed by atoms with Gasteiger partial charge in [0.2, 0.25) is 0 Å². The van der Waals surface area contributed by atoms with E-state index in [0.29, 0.717) is 30.6 Å². The highest BCUT2D eigenvalue weighted by Gasteiger charge is 2.25. The number of ether oxygens (including phenoxy) is 1. The van der Waals surface area contributed by atoms with Crippen LogP contribution in [0.3, 0.4) is 0 Å². The van der Waals surface area contributed by atoms with E-state index in [1.165, 1.54) is 5.56 Å². The summed E-state index contributed by atoms with van der Waals surface area (Å²) < 4.78 is 6.77. The predicted octanol–water partition coefficient (Wildman–Crippen LogP) is 2.02. The van der Waals surface area contributed by atoms with E-state index in [2.05, 4.69) is 27.5 Å². The van der Waals surface area contributed by atoms with Crippen molar-refractivity contribution in [3.63, 3.8) is 0 Å². The Labute approximate surface area is 171 Å². The number of carbonyl (C=O) groups is 1. The first kappa shape index (κ1) is 21.3. The van der Waals surface area contributed by atoms with Crippen LogP contribution >= 0.6 is 0 Å². The molecule has 1 aliphatic rings. The minimum atomic E-state index is -0.214. The lowest BCUT2D eigenvalue weighted by molar-refractivity contribution is 0.0932. The average Bonchev–Trinajstić information content (AvgIpc) is 3.24. The van der Waals surface area contributed by atoms with Crippen LogP contribution in [0.4, 0.5) is 0 Å². The minimum absolute atomic E-state index is 0.214. The van der Waals surface area contributed by atoms with Crippen LogP contribution in [-0.2, 0) is 11.2 Å². The molecule has 3 rings (SSSR count). The molecular weight excluding hydrogens is 370 g/mol. The number of nitrogens with zero attached hydrogens (tertiary/aromatic N) is 4. The number of amides is 1. The number of hydrogen-bond donors (Lipinski definition) is 2. The molecule has 8 heteroatoms. The molecule has 8 nitrogen and oxygen atoms in total. The molecule has 1 atom stereocenters. The molecule has 29 heavy (non-hydrogen) atoms. The Morgan fingerprint density at radius 3 is 2.72 bits per heavy atom. The maximum atomic E-state index is 12.1. The van der Waals surface area contributed by atoms with Crippen LogP contribution in [0.25, 0.3) is 0 Å². The number of hydrogen-bond acceptors (Lipinski definition) is 6. The third kappa shape index (κ3) is 6.01. The second-order valence-corrected chi connectivity index (χ2v) is 7.65. The highest BCUT2D eigenvalue weighted by Crippen LogP contribution is 2.24. The average molecular weight is 402 g/mol.